The summed E-state index contributed by atoms with van der Waals surface area (Å²) in [6.07, 6.45) is 0. The van der Waals surface area contributed by atoms with Gasteiger partial charge in [-0.05, 0) is 18.7 Å². The van der Waals surface area contributed by atoms with E-state index in [1.54, 1.807) is 12.1 Å². The number of halogens is 2. The molecule has 0 aliphatic carbocycles. The molecule has 0 saturated carbocycles. The Morgan fingerprint density at radius 2 is 2.00 bits per heavy atom. The standard InChI is InChI=1S/C11H15FN2O.ClH/c1-2-13-7-8-14-11(15)9-5-3-4-6-10(9)12;/h3-6,13H,2,7-8H2,1H3,(H,14,15);1H. The molecule has 0 atom stereocenters. The van der Waals surface area contributed by atoms with E-state index in [-0.39, 0.29) is 23.9 Å². The van der Waals surface area contributed by atoms with Crippen molar-refractivity contribution < 1.29 is 9.18 Å². The van der Waals surface area contributed by atoms with Gasteiger partial charge in [-0.25, -0.2) is 4.39 Å². The van der Waals surface area contributed by atoms with E-state index in [4.69, 9.17) is 0 Å². The Morgan fingerprint density at radius 1 is 1.31 bits per heavy atom. The summed E-state index contributed by atoms with van der Waals surface area (Å²) in [6, 6.07) is 5.95. The normalized spacial score (nSPS) is 9.38. The van der Waals surface area contributed by atoms with Crippen molar-refractivity contribution in [3.8, 4) is 0 Å². The van der Waals surface area contributed by atoms with Crippen LogP contribution in [-0.2, 0) is 0 Å². The van der Waals surface area contributed by atoms with Gasteiger partial charge in [-0.1, -0.05) is 19.1 Å². The van der Waals surface area contributed by atoms with Crippen LogP contribution in [0.2, 0.25) is 0 Å². The van der Waals surface area contributed by atoms with Gasteiger partial charge in [0.15, 0.2) is 0 Å². The van der Waals surface area contributed by atoms with E-state index >= 15 is 0 Å². The van der Waals surface area contributed by atoms with Crippen LogP contribution in [0.3, 0.4) is 0 Å². The molecular formula is C11H16ClFN2O. The molecular weight excluding hydrogens is 231 g/mol. The summed E-state index contributed by atoms with van der Waals surface area (Å²) in [7, 11) is 0. The van der Waals surface area contributed by atoms with Crippen LogP contribution in [0.5, 0.6) is 0 Å². The molecule has 1 aromatic carbocycles. The van der Waals surface area contributed by atoms with Crippen molar-refractivity contribution in [1.29, 1.82) is 0 Å². The van der Waals surface area contributed by atoms with Gasteiger partial charge in [-0.15, -0.1) is 12.4 Å². The number of carbonyl (C=O) groups is 1. The van der Waals surface area contributed by atoms with Crippen molar-refractivity contribution in [2.45, 2.75) is 6.92 Å². The lowest BCUT2D eigenvalue weighted by Crippen LogP contribution is -2.32. The quantitative estimate of drug-likeness (QED) is 0.775. The van der Waals surface area contributed by atoms with Crippen LogP contribution in [0, 0.1) is 5.82 Å². The third-order valence-electron chi connectivity index (χ3n) is 1.96. The Labute approximate surface area is 101 Å². The topological polar surface area (TPSA) is 41.1 Å². The van der Waals surface area contributed by atoms with Crippen LogP contribution in [0.25, 0.3) is 0 Å². The Morgan fingerprint density at radius 3 is 2.62 bits per heavy atom. The zero-order valence-corrected chi connectivity index (χ0v) is 9.94. The monoisotopic (exact) mass is 246 g/mol. The molecule has 2 N–H and O–H groups in total. The van der Waals surface area contributed by atoms with Gasteiger partial charge >= 0.3 is 0 Å². The Hall–Kier alpha value is -1.13. The Kier molecular flexibility index (Phi) is 7.50. The highest BCUT2D eigenvalue weighted by atomic mass is 35.5. The number of amides is 1. The second kappa shape index (κ2) is 8.07. The number of hydrogen-bond acceptors (Lipinski definition) is 2. The molecule has 1 rings (SSSR count). The van der Waals surface area contributed by atoms with Crippen LogP contribution in [0.15, 0.2) is 24.3 Å². The number of likely N-dealkylation sites (N-methyl/N-ethyl adjacent to an activating group) is 1. The van der Waals surface area contributed by atoms with E-state index in [1.165, 1.54) is 12.1 Å². The smallest absolute Gasteiger partial charge is 0.254 e. The first-order valence-corrected chi connectivity index (χ1v) is 4.99. The maximum atomic E-state index is 13.1. The molecule has 0 unspecified atom stereocenters. The summed E-state index contributed by atoms with van der Waals surface area (Å²) >= 11 is 0. The average Bonchev–Trinajstić information content (AvgIpc) is 2.25. The van der Waals surface area contributed by atoms with Gasteiger partial charge < -0.3 is 10.6 Å². The van der Waals surface area contributed by atoms with Crippen LogP contribution < -0.4 is 10.6 Å². The van der Waals surface area contributed by atoms with E-state index in [2.05, 4.69) is 10.6 Å². The molecule has 1 amide bonds. The predicted octanol–water partition coefficient (Wildman–Crippen LogP) is 1.59. The van der Waals surface area contributed by atoms with Crippen LogP contribution in [-0.4, -0.2) is 25.5 Å². The first kappa shape index (κ1) is 14.9. The minimum absolute atomic E-state index is 0. The second-order valence-corrected chi connectivity index (χ2v) is 3.09. The molecule has 0 aliphatic heterocycles. The van der Waals surface area contributed by atoms with Gasteiger partial charge in [0.25, 0.3) is 5.91 Å². The van der Waals surface area contributed by atoms with Gasteiger partial charge in [-0.2, -0.15) is 0 Å². The first-order valence-electron chi connectivity index (χ1n) is 4.99. The van der Waals surface area contributed by atoms with Gasteiger partial charge in [-0.3, -0.25) is 4.79 Å². The molecule has 0 bridgehead atoms. The number of benzene rings is 1. The molecule has 1 aromatic rings. The minimum Gasteiger partial charge on any atom is -0.351 e. The summed E-state index contributed by atoms with van der Waals surface area (Å²) < 4.78 is 13.1. The lowest BCUT2D eigenvalue weighted by Gasteiger charge is -2.05. The third-order valence-corrected chi connectivity index (χ3v) is 1.96. The highest BCUT2D eigenvalue weighted by Crippen LogP contribution is 2.05. The number of hydrogen-bond donors (Lipinski definition) is 2. The molecule has 0 saturated heterocycles. The van der Waals surface area contributed by atoms with E-state index in [1.807, 2.05) is 6.92 Å². The van der Waals surface area contributed by atoms with Crippen molar-refractivity contribution in [3.05, 3.63) is 35.6 Å². The number of rotatable bonds is 5. The number of nitrogens with one attached hydrogen (secondary N) is 2. The molecule has 0 spiro atoms. The van der Waals surface area contributed by atoms with Crippen molar-refractivity contribution in [3.63, 3.8) is 0 Å². The lowest BCUT2D eigenvalue weighted by atomic mass is 10.2. The predicted molar refractivity (Wildman–Crippen MR) is 64.5 cm³/mol. The fourth-order valence-corrected chi connectivity index (χ4v) is 1.18. The van der Waals surface area contributed by atoms with E-state index in [0.29, 0.717) is 13.1 Å². The van der Waals surface area contributed by atoms with Gasteiger partial charge in [0.2, 0.25) is 0 Å². The summed E-state index contributed by atoms with van der Waals surface area (Å²) in [5.74, 6) is -0.857. The summed E-state index contributed by atoms with van der Waals surface area (Å²) in [5.41, 5.74) is 0.0917. The number of carbonyl (C=O) groups excluding carboxylic acids is 1. The highest BCUT2D eigenvalue weighted by Gasteiger charge is 2.08. The van der Waals surface area contributed by atoms with E-state index in [9.17, 15) is 9.18 Å². The molecule has 0 heterocycles. The Balaban J connectivity index is 0.00000225. The third kappa shape index (κ3) is 4.59. The summed E-state index contributed by atoms with van der Waals surface area (Å²) in [4.78, 5) is 11.4. The summed E-state index contributed by atoms with van der Waals surface area (Å²) in [5, 5.41) is 5.69. The molecule has 0 radical (unpaired) electrons. The van der Waals surface area contributed by atoms with Crippen LogP contribution in [0.1, 0.15) is 17.3 Å². The van der Waals surface area contributed by atoms with Crippen molar-refractivity contribution in [2.24, 2.45) is 0 Å². The SMILES string of the molecule is CCNCCNC(=O)c1ccccc1F.Cl. The van der Waals surface area contributed by atoms with Gasteiger partial charge in [0, 0.05) is 13.1 Å². The first-order chi connectivity index (χ1) is 7.25. The van der Waals surface area contributed by atoms with E-state index in [0.717, 1.165) is 6.54 Å². The highest BCUT2D eigenvalue weighted by molar-refractivity contribution is 5.94. The molecule has 5 heteroatoms. The van der Waals surface area contributed by atoms with Crippen molar-refractivity contribution in [2.75, 3.05) is 19.6 Å². The van der Waals surface area contributed by atoms with E-state index < -0.39 is 5.82 Å². The van der Waals surface area contributed by atoms with Crippen molar-refractivity contribution in [1.82, 2.24) is 10.6 Å². The van der Waals surface area contributed by atoms with Gasteiger partial charge in [0.05, 0.1) is 5.56 Å². The summed E-state index contributed by atoms with van der Waals surface area (Å²) in [6.45, 7) is 4.03. The fourth-order valence-electron chi connectivity index (χ4n) is 1.18. The Bertz CT molecular complexity index is 334. The average molecular weight is 247 g/mol. The fraction of sp³-hybridized carbons (Fsp3) is 0.364. The lowest BCUT2D eigenvalue weighted by molar-refractivity contribution is 0.0950. The molecule has 0 aromatic heterocycles. The second-order valence-electron chi connectivity index (χ2n) is 3.09. The maximum absolute atomic E-state index is 13.1. The van der Waals surface area contributed by atoms with Crippen LogP contribution >= 0.6 is 12.4 Å². The molecule has 90 valence electrons. The zero-order valence-electron chi connectivity index (χ0n) is 9.13. The molecule has 16 heavy (non-hydrogen) atoms. The zero-order chi connectivity index (χ0) is 11.1. The molecule has 0 aliphatic rings. The van der Waals surface area contributed by atoms with Crippen molar-refractivity contribution >= 4 is 18.3 Å². The van der Waals surface area contributed by atoms with Gasteiger partial charge in [0.1, 0.15) is 5.82 Å². The minimum atomic E-state index is -0.488. The maximum Gasteiger partial charge on any atom is 0.254 e. The molecule has 0 fully saturated rings. The molecule has 3 nitrogen and oxygen atoms in total. The largest absolute Gasteiger partial charge is 0.351 e. The van der Waals surface area contributed by atoms with Crippen LogP contribution in [0.4, 0.5) is 4.39 Å².